The normalized spacial score (nSPS) is 19.1. The minimum Gasteiger partial charge on any atom is -0.332 e. The molecule has 0 saturated heterocycles. The van der Waals surface area contributed by atoms with Gasteiger partial charge in [-0.2, -0.15) is 5.26 Å². The fourth-order valence-corrected chi connectivity index (χ4v) is 1.93. The molecule has 4 nitrogen and oxygen atoms in total. The van der Waals surface area contributed by atoms with E-state index in [-0.39, 0.29) is 0 Å². The van der Waals surface area contributed by atoms with Crippen molar-refractivity contribution in [2.24, 2.45) is 0 Å². The second kappa shape index (κ2) is 4.26. The molecule has 0 amide bonds. The first-order valence-corrected chi connectivity index (χ1v) is 5.86. The number of aryl methyl sites for hydroxylation is 1. The molecule has 0 bridgehead atoms. The quantitative estimate of drug-likeness (QED) is 0.814. The number of hydrogen-bond donors (Lipinski definition) is 1. The fraction of sp³-hybridized carbons (Fsp3) is 0.667. The maximum Gasteiger partial charge on any atom is 0.122 e. The van der Waals surface area contributed by atoms with Gasteiger partial charge in [0.1, 0.15) is 11.4 Å². The molecule has 4 heteroatoms. The van der Waals surface area contributed by atoms with Crippen molar-refractivity contribution in [3.63, 3.8) is 0 Å². The summed E-state index contributed by atoms with van der Waals surface area (Å²) in [4.78, 5) is 4.27. The molecule has 0 aromatic carbocycles. The topological polar surface area (TPSA) is 53.6 Å². The lowest BCUT2D eigenvalue weighted by Gasteiger charge is -2.24. The summed E-state index contributed by atoms with van der Waals surface area (Å²) in [5.41, 5.74) is -0.480. The monoisotopic (exact) mass is 218 g/mol. The summed E-state index contributed by atoms with van der Waals surface area (Å²) < 4.78 is 2.07. The van der Waals surface area contributed by atoms with Gasteiger partial charge in [0.25, 0.3) is 0 Å². The maximum atomic E-state index is 9.28. The lowest BCUT2D eigenvalue weighted by atomic mass is 10.0. The molecular formula is C12H18N4. The zero-order valence-corrected chi connectivity index (χ0v) is 9.90. The molecular weight excluding hydrogens is 200 g/mol. The SMILES string of the molecule is CCc1nccn1CC(C)(C#N)NC1CC1. The molecule has 0 spiro atoms. The standard InChI is InChI=1S/C12H18N4/c1-3-11-14-6-7-16(11)9-12(2,8-13)15-10-4-5-10/h6-7,10,15H,3-5,9H2,1-2H3. The van der Waals surface area contributed by atoms with Gasteiger partial charge in [-0.1, -0.05) is 6.92 Å². The van der Waals surface area contributed by atoms with Gasteiger partial charge in [0.05, 0.1) is 12.6 Å². The molecule has 0 radical (unpaired) electrons. The third-order valence-electron chi connectivity index (χ3n) is 2.95. The van der Waals surface area contributed by atoms with E-state index in [1.54, 1.807) is 6.20 Å². The molecule has 0 aliphatic heterocycles. The zero-order valence-electron chi connectivity index (χ0n) is 9.90. The molecule has 1 fully saturated rings. The summed E-state index contributed by atoms with van der Waals surface area (Å²) in [5, 5.41) is 12.7. The van der Waals surface area contributed by atoms with E-state index in [1.165, 1.54) is 12.8 Å². The van der Waals surface area contributed by atoms with Crippen molar-refractivity contribution < 1.29 is 0 Å². The fourth-order valence-electron chi connectivity index (χ4n) is 1.93. The summed E-state index contributed by atoms with van der Waals surface area (Å²) >= 11 is 0. The molecule has 1 atom stereocenters. The first-order chi connectivity index (χ1) is 7.67. The Morgan fingerprint density at radius 3 is 3.00 bits per heavy atom. The van der Waals surface area contributed by atoms with Gasteiger partial charge < -0.3 is 4.57 Å². The van der Waals surface area contributed by atoms with Crippen molar-refractivity contribution in [3.05, 3.63) is 18.2 Å². The molecule has 2 rings (SSSR count). The van der Waals surface area contributed by atoms with Crippen LogP contribution in [0.25, 0.3) is 0 Å². The number of hydrogen-bond acceptors (Lipinski definition) is 3. The molecule has 1 N–H and O–H groups in total. The Labute approximate surface area is 96.3 Å². The third kappa shape index (κ3) is 2.42. The summed E-state index contributed by atoms with van der Waals surface area (Å²) in [6.07, 6.45) is 7.04. The Bertz CT molecular complexity index is 399. The average Bonchev–Trinajstić information content (AvgIpc) is 2.96. The predicted molar refractivity (Wildman–Crippen MR) is 61.8 cm³/mol. The number of imidazole rings is 1. The minimum atomic E-state index is -0.480. The van der Waals surface area contributed by atoms with Gasteiger partial charge in [0.15, 0.2) is 0 Å². The van der Waals surface area contributed by atoms with Crippen LogP contribution in [0.2, 0.25) is 0 Å². The summed E-state index contributed by atoms with van der Waals surface area (Å²) in [6, 6.07) is 2.92. The van der Waals surface area contributed by atoms with Gasteiger partial charge in [-0.15, -0.1) is 0 Å². The highest BCUT2D eigenvalue weighted by atomic mass is 15.1. The first kappa shape index (κ1) is 11.2. The van der Waals surface area contributed by atoms with E-state index in [1.807, 2.05) is 13.1 Å². The maximum absolute atomic E-state index is 9.28. The van der Waals surface area contributed by atoms with Gasteiger partial charge in [-0.05, 0) is 19.8 Å². The van der Waals surface area contributed by atoms with Crippen molar-refractivity contribution in [1.29, 1.82) is 5.26 Å². The number of aromatic nitrogens is 2. The van der Waals surface area contributed by atoms with Crippen LogP contribution in [0.4, 0.5) is 0 Å². The summed E-state index contributed by atoms with van der Waals surface area (Å²) in [5.74, 6) is 1.04. The van der Waals surface area contributed by atoms with Crippen LogP contribution in [-0.2, 0) is 13.0 Å². The summed E-state index contributed by atoms with van der Waals surface area (Å²) in [6.45, 7) is 4.71. The van der Waals surface area contributed by atoms with Crippen LogP contribution in [0.3, 0.4) is 0 Å². The van der Waals surface area contributed by atoms with E-state index in [4.69, 9.17) is 0 Å². The van der Waals surface area contributed by atoms with Crippen molar-refractivity contribution in [3.8, 4) is 6.07 Å². The third-order valence-corrected chi connectivity index (χ3v) is 2.95. The Balaban J connectivity index is 2.08. The average molecular weight is 218 g/mol. The number of nitriles is 1. The van der Waals surface area contributed by atoms with Gasteiger partial charge in [0, 0.05) is 24.9 Å². The Hall–Kier alpha value is -1.34. The van der Waals surface area contributed by atoms with E-state index >= 15 is 0 Å². The van der Waals surface area contributed by atoms with Crippen LogP contribution < -0.4 is 5.32 Å². The van der Waals surface area contributed by atoms with Crippen molar-refractivity contribution >= 4 is 0 Å². The minimum absolute atomic E-state index is 0.480. The predicted octanol–water partition coefficient (Wildman–Crippen LogP) is 1.48. The molecule has 86 valence electrons. The Morgan fingerprint density at radius 1 is 1.69 bits per heavy atom. The largest absolute Gasteiger partial charge is 0.332 e. The van der Waals surface area contributed by atoms with Crippen LogP contribution in [0, 0.1) is 11.3 Å². The molecule has 1 heterocycles. The highest BCUT2D eigenvalue weighted by Crippen LogP contribution is 2.23. The van der Waals surface area contributed by atoms with E-state index in [2.05, 4.69) is 27.9 Å². The Kier molecular flexibility index (Phi) is 2.97. The van der Waals surface area contributed by atoms with E-state index in [0.717, 1.165) is 12.2 Å². The van der Waals surface area contributed by atoms with Crippen LogP contribution in [0.5, 0.6) is 0 Å². The number of nitrogens with zero attached hydrogens (tertiary/aromatic N) is 3. The smallest absolute Gasteiger partial charge is 0.122 e. The van der Waals surface area contributed by atoms with Gasteiger partial charge in [-0.25, -0.2) is 4.98 Å². The van der Waals surface area contributed by atoms with Crippen LogP contribution >= 0.6 is 0 Å². The van der Waals surface area contributed by atoms with Crippen LogP contribution in [0.1, 0.15) is 32.5 Å². The highest BCUT2D eigenvalue weighted by Gasteiger charge is 2.33. The van der Waals surface area contributed by atoms with Crippen molar-refractivity contribution in [2.45, 2.75) is 51.2 Å². The second-order valence-corrected chi connectivity index (χ2v) is 4.69. The van der Waals surface area contributed by atoms with Crippen molar-refractivity contribution in [1.82, 2.24) is 14.9 Å². The second-order valence-electron chi connectivity index (χ2n) is 4.69. The Morgan fingerprint density at radius 2 is 2.44 bits per heavy atom. The zero-order chi connectivity index (χ0) is 11.6. The summed E-state index contributed by atoms with van der Waals surface area (Å²) in [7, 11) is 0. The highest BCUT2D eigenvalue weighted by molar-refractivity contribution is 5.09. The lowest BCUT2D eigenvalue weighted by molar-refractivity contribution is 0.379. The first-order valence-electron chi connectivity index (χ1n) is 5.86. The van der Waals surface area contributed by atoms with Gasteiger partial charge in [0.2, 0.25) is 0 Å². The van der Waals surface area contributed by atoms with E-state index in [9.17, 15) is 5.26 Å². The van der Waals surface area contributed by atoms with E-state index < -0.39 is 5.54 Å². The van der Waals surface area contributed by atoms with Gasteiger partial charge in [-0.3, -0.25) is 5.32 Å². The molecule has 1 aromatic rings. The molecule has 1 aliphatic carbocycles. The molecule has 1 aromatic heterocycles. The number of rotatable bonds is 5. The molecule has 1 aliphatic rings. The van der Waals surface area contributed by atoms with Crippen LogP contribution in [0.15, 0.2) is 12.4 Å². The van der Waals surface area contributed by atoms with Crippen molar-refractivity contribution in [2.75, 3.05) is 0 Å². The lowest BCUT2D eigenvalue weighted by Crippen LogP contribution is -2.46. The van der Waals surface area contributed by atoms with Gasteiger partial charge >= 0.3 is 0 Å². The number of nitrogens with one attached hydrogen (secondary N) is 1. The molecule has 1 unspecified atom stereocenters. The van der Waals surface area contributed by atoms with Crippen LogP contribution in [-0.4, -0.2) is 21.1 Å². The van der Waals surface area contributed by atoms with E-state index in [0.29, 0.717) is 12.6 Å². The molecule has 1 saturated carbocycles. The molecule has 16 heavy (non-hydrogen) atoms.